The number of nitrogen functional groups attached to an aromatic ring is 1. The summed E-state index contributed by atoms with van der Waals surface area (Å²) in [6, 6.07) is 2.07. The molecule has 8 nitrogen and oxygen atoms in total. The van der Waals surface area contributed by atoms with Crippen molar-refractivity contribution in [3.63, 3.8) is 0 Å². The first-order valence-electron chi connectivity index (χ1n) is 10.3. The smallest absolute Gasteiger partial charge is 0.387 e. The van der Waals surface area contributed by atoms with E-state index in [9.17, 15) is 17.6 Å². The summed E-state index contributed by atoms with van der Waals surface area (Å²) in [5.74, 6) is -2.61. The number of ether oxygens (including phenoxy) is 2. The fourth-order valence-electron chi connectivity index (χ4n) is 4.48. The summed E-state index contributed by atoms with van der Waals surface area (Å²) in [4.78, 5) is 16.6. The molecule has 0 aromatic carbocycles. The molecule has 3 fully saturated rings. The fourth-order valence-corrected chi connectivity index (χ4v) is 4.48. The van der Waals surface area contributed by atoms with Crippen LogP contribution in [0.2, 0.25) is 0 Å². The Morgan fingerprint density at radius 3 is 2.69 bits per heavy atom. The molecule has 2 N–H and O–H groups in total. The molecule has 1 unspecified atom stereocenters. The predicted molar refractivity (Wildman–Crippen MR) is 108 cm³/mol. The van der Waals surface area contributed by atoms with Gasteiger partial charge in [0.05, 0.1) is 30.5 Å². The lowest BCUT2D eigenvalue weighted by Gasteiger charge is -2.30. The Kier molecular flexibility index (Phi) is 4.99. The van der Waals surface area contributed by atoms with Gasteiger partial charge >= 0.3 is 6.61 Å². The van der Waals surface area contributed by atoms with Gasteiger partial charge in [-0.1, -0.05) is 0 Å². The number of aromatic nitrogens is 3. The number of fused-ring (bicyclic) bond motifs is 2. The van der Waals surface area contributed by atoms with E-state index in [-0.39, 0.29) is 42.6 Å². The van der Waals surface area contributed by atoms with Gasteiger partial charge in [0.25, 0.3) is 5.92 Å². The Morgan fingerprint density at radius 1 is 1.25 bits per heavy atom. The van der Waals surface area contributed by atoms with Crippen molar-refractivity contribution in [2.75, 3.05) is 35.2 Å². The summed E-state index contributed by atoms with van der Waals surface area (Å²) in [7, 11) is 0. The SMILES string of the molecule is CC1N(c2nc(-c3cnc(N)c(OC(F)F)c3)cc(N3C[C@@H]4C[C@H]3CO4)n2)CCC1(F)F. The molecule has 2 bridgehead atoms. The zero-order valence-electron chi connectivity index (χ0n) is 17.2. The van der Waals surface area contributed by atoms with Crippen molar-refractivity contribution in [2.24, 2.45) is 0 Å². The van der Waals surface area contributed by atoms with Crippen LogP contribution in [0.4, 0.5) is 35.1 Å². The number of morpholine rings is 1. The maximum Gasteiger partial charge on any atom is 0.387 e. The number of hydrogen-bond donors (Lipinski definition) is 1. The average molecular weight is 454 g/mol. The molecule has 5 rings (SSSR count). The highest BCUT2D eigenvalue weighted by molar-refractivity contribution is 5.68. The Labute approximate surface area is 181 Å². The van der Waals surface area contributed by atoms with E-state index in [2.05, 4.69) is 24.6 Å². The number of rotatable bonds is 5. The molecule has 3 atom stereocenters. The zero-order chi connectivity index (χ0) is 22.6. The number of pyridine rings is 1. The van der Waals surface area contributed by atoms with Crippen LogP contribution in [0, 0.1) is 0 Å². The summed E-state index contributed by atoms with van der Waals surface area (Å²) < 4.78 is 64.0. The largest absolute Gasteiger partial charge is 0.431 e. The molecule has 2 aromatic rings. The van der Waals surface area contributed by atoms with Crippen LogP contribution < -0.4 is 20.3 Å². The fraction of sp³-hybridized carbons (Fsp3) is 0.550. The molecule has 0 saturated carbocycles. The summed E-state index contributed by atoms with van der Waals surface area (Å²) >= 11 is 0. The number of halogens is 4. The highest BCUT2D eigenvalue weighted by Gasteiger charge is 2.47. The number of anilines is 3. The molecular formula is C20H22F4N6O2. The van der Waals surface area contributed by atoms with E-state index in [4.69, 9.17) is 10.5 Å². The van der Waals surface area contributed by atoms with Crippen molar-refractivity contribution in [2.45, 2.75) is 50.5 Å². The summed E-state index contributed by atoms with van der Waals surface area (Å²) in [6.45, 7) is -0.336. The molecule has 0 radical (unpaired) electrons. The van der Waals surface area contributed by atoms with E-state index in [0.717, 1.165) is 6.42 Å². The van der Waals surface area contributed by atoms with Crippen LogP contribution in [0.15, 0.2) is 18.3 Å². The van der Waals surface area contributed by atoms with E-state index >= 15 is 0 Å². The number of nitrogens with two attached hydrogens (primary N) is 1. The van der Waals surface area contributed by atoms with Crippen LogP contribution in [0.1, 0.15) is 19.8 Å². The van der Waals surface area contributed by atoms with Crippen LogP contribution in [-0.4, -0.2) is 65.4 Å². The highest BCUT2D eigenvalue weighted by atomic mass is 19.3. The van der Waals surface area contributed by atoms with Crippen LogP contribution in [0.5, 0.6) is 5.75 Å². The highest BCUT2D eigenvalue weighted by Crippen LogP contribution is 2.39. The van der Waals surface area contributed by atoms with E-state index < -0.39 is 18.6 Å². The van der Waals surface area contributed by atoms with Gasteiger partial charge in [0, 0.05) is 37.3 Å². The molecule has 3 aliphatic rings. The molecule has 0 spiro atoms. The predicted octanol–water partition coefficient (Wildman–Crippen LogP) is 2.93. The molecule has 5 heterocycles. The van der Waals surface area contributed by atoms with Crippen LogP contribution >= 0.6 is 0 Å². The second-order valence-corrected chi connectivity index (χ2v) is 8.27. The van der Waals surface area contributed by atoms with E-state index in [0.29, 0.717) is 30.2 Å². The van der Waals surface area contributed by atoms with Crippen molar-refractivity contribution in [3.8, 4) is 17.0 Å². The Hall–Kier alpha value is -2.89. The minimum absolute atomic E-state index is 0.0983. The second-order valence-electron chi connectivity index (χ2n) is 8.27. The summed E-state index contributed by atoms with van der Waals surface area (Å²) in [5, 5.41) is 0. The van der Waals surface area contributed by atoms with Crippen molar-refractivity contribution >= 4 is 17.6 Å². The van der Waals surface area contributed by atoms with Gasteiger partial charge in [0.2, 0.25) is 5.95 Å². The minimum Gasteiger partial charge on any atom is -0.431 e. The molecular weight excluding hydrogens is 432 g/mol. The molecule has 12 heteroatoms. The zero-order valence-corrected chi connectivity index (χ0v) is 17.2. The lowest BCUT2D eigenvalue weighted by molar-refractivity contribution is -0.0494. The lowest BCUT2D eigenvalue weighted by atomic mass is 10.1. The van der Waals surface area contributed by atoms with Gasteiger partial charge in [0.15, 0.2) is 11.6 Å². The Bertz CT molecular complexity index is 1030. The Balaban J connectivity index is 1.57. The molecule has 32 heavy (non-hydrogen) atoms. The monoisotopic (exact) mass is 454 g/mol. The van der Waals surface area contributed by atoms with Gasteiger partial charge in [-0.3, -0.25) is 0 Å². The van der Waals surface area contributed by atoms with Crippen molar-refractivity contribution in [1.29, 1.82) is 0 Å². The number of nitrogens with zero attached hydrogens (tertiary/aromatic N) is 5. The van der Waals surface area contributed by atoms with Crippen molar-refractivity contribution in [1.82, 2.24) is 15.0 Å². The van der Waals surface area contributed by atoms with Crippen molar-refractivity contribution < 1.29 is 27.0 Å². The van der Waals surface area contributed by atoms with Crippen molar-refractivity contribution in [3.05, 3.63) is 18.3 Å². The van der Waals surface area contributed by atoms with Gasteiger partial charge in [-0.25, -0.2) is 18.7 Å². The molecule has 172 valence electrons. The van der Waals surface area contributed by atoms with Gasteiger partial charge in [0.1, 0.15) is 5.82 Å². The molecule has 3 saturated heterocycles. The molecule has 0 aliphatic carbocycles. The molecule has 2 aromatic heterocycles. The first-order valence-corrected chi connectivity index (χ1v) is 10.3. The third kappa shape index (κ3) is 3.65. The standard InChI is InChI=1S/C20H22F4N6O2/c1-10-20(23,24)2-3-29(10)19-27-14(11-4-15(32-18(21)22)17(25)26-7-11)6-16(28-19)30-8-13-5-12(30)9-31-13/h4,6-7,10,12-13,18H,2-3,5,8-9H2,1H3,(H2,25,26)/t10?,12-,13-/m0/s1. The normalized spacial score (nSPS) is 26.4. The van der Waals surface area contributed by atoms with Crippen LogP contribution in [0.3, 0.4) is 0 Å². The van der Waals surface area contributed by atoms with Crippen LogP contribution in [-0.2, 0) is 4.74 Å². The molecule has 0 amide bonds. The first-order chi connectivity index (χ1) is 15.2. The maximum absolute atomic E-state index is 14.2. The van der Waals surface area contributed by atoms with E-state index in [1.807, 2.05) is 0 Å². The Morgan fingerprint density at radius 2 is 2.06 bits per heavy atom. The number of hydrogen-bond acceptors (Lipinski definition) is 8. The average Bonchev–Trinajstić information content (AvgIpc) is 3.44. The van der Waals surface area contributed by atoms with E-state index in [1.54, 1.807) is 6.07 Å². The topological polar surface area (TPSA) is 89.6 Å². The van der Waals surface area contributed by atoms with E-state index in [1.165, 1.54) is 24.1 Å². The second kappa shape index (κ2) is 7.61. The van der Waals surface area contributed by atoms with Gasteiger partial charge in [-0.15, -0.1) is 0 Å². The third-order valence-electron chi connectivity index (χ3n) is 6.31. The van der Waals surface area contributed by atoms with Gasteiger partial charge in [-0.05, 0) is 19.4 Å². The summed E-state index contributed by atoms with van der Waals surface area (Å²) in [5.41, 5.74) is 6.36. The minimum atomic E-state index is -3.07. The first kappa shape index (κ1) is 21.0. The summed E-state index contributed by atoms with van der Waals surface area (Å²) in [6.07, 6.45) is 2.05. The molecule has 3 aliphatic heterocycles. The lowest BCUT2D eigenvalue weighted by Crippen LogP contribution is -2.39. The van der Waals surface area contributed by atoms with Gasteiger partial charge < -0.3 is 25.0 Å². The third-order valence-corrected chi connectivity index (χ3v) is 6.31. The number of alkyl halides is 4. The maximum atomic E-state index is 14.2. The quantitative estimate of drug-likeness (QED) is 0.690. The van der Waals surface area contributed by atoms with Gasteiger partial charge in [-0.2, -0.15) is 13.8 Å². The van der Waals surface area contributed by atoms with Crippen LogP contribution in [0.25, 0.3) is 11.3 Å².